The van der Waals surface area contributed by atoms with Crippen LogP contribution in [0.2, 0.25) is 5.15 Å². The van der Waals surface area contributed by atoms with Crippen LogP contribution >= 0.6 is 11.6 Å². The molecule has 3 rings (SSSR count). The Kier molecular flexibility index (Phi) is 4.81. The van der Waals surface area contributed by atoms with E-state index in [1.54, 1.807) is 36.2 Å². The summed E-state index contributed by atoms with van der Waals surface area (Å²) < 4.78 is 0. The second kappa shape index (κ2) is 7.01. The van der Waals surface area contributed by atoms with E-state index in [-0.39, 0.29) is 11.8 Å². The summed E-state index contributed by atoms with van der Waals surface area (Å²) in [6, 6.07) is 10.8. The monoisotopic (exact) mass is 343 g/mol. The Labute approximate surface area is 145 Å². The maximum atomic E-state index is 12.4. The van der Waals surface area contributed by atoms with Gasteiger partial charge in [-0.2, -0.15) is 0 Å². The molecule has 5 nitrogen and oxygen atoms in total. The molecule has 0 bridgehead atoms. The average molecular weight is 344 g/mol. The molecule has 2 amide bonds. The summed E-state index contributed by atoms with van der Waals surface area (Å²) >= 11 is 5.82. The number of pyridine rings is 1. The van der Waals surface area contributed by atoms with E-state index in [0.29, 0.717) is 28.9 Å². The van der Waals surface area contributed by atoms with Gasteiger partial charge in [0.2, 0.25) is 0 Å². The lowest BCUT2D eigenvalue weighted by molar-refractivity contribution is 0.0784. The molecule has 1 heterocycles. The molecule has 2 aromatic rings. The van der Waals surface area contributed by atoms with Gasteiger partial charge in [0.25, 0.3) is 11.8 Å². The largest absolute Gasteiger partial charge is 0.349 e. The minimum absolute atomic E-state index is 0.0418. The van der Waals surface area contributed by atoms with Crippen LogP contribution in [0.15, 0.2) is 42.6 Å². The Bertz CT molecular complexity index is 757. The van der Waals surface area contributed by atoms with Gasteiger partial charge in [-0.1, -0.05) is 23.7 Å². The highest BCUT2D eigenvalue weighted by Gasteiger charge is 2.23. The summed E-state index contributed by atoms with van der Waals surface area (Å²) in [5.74, 6) is -0.172. The molecular formula is C18H18ClN3O2. The van der Waals surface area contributed by atoms with Gasteiger partial charge >= 0.3 is 0 Å². The standard InChI is InChI=1S/C18H18ClN3O2/c1-22(18(24)14-8-9-20-16(19)10-14)11-12-2-4-13(5-3-12)17(23)21-15-6-7-15/h2-5,8-10,15H,6-7,11H2,1H3,(H,21,23). The molecule has 1 fully saturated rings. The van der Waals surface area contributed by atoms with Gasteiger partial charge < -0.3 is 10.2 Å². The van der Waals surface area contributed by atoms with E-state index in [1.165, 1.54) is 6.20 Å². The number of carbonyl (C=O) groups excluding carboxylic acids is 2. The van der Waals surface area contributed by atoms with Gasteiger partial charge in [0, 0.05) is 37.0 Å². The number of halogens is 1. The molecule has 0 aliphatic heterocycles. The number of nitrogens with one attached hydrogen (secondary N) is 1. The van der Waals surface area contributed by atoms with E-state index in [2.05, 4.69) is 10.3 Å². The van der Waals surface area contributed by atoms with Crippen molar-refractivity contribution in [3.05, 3.63) is 64.4 Å². The Morgan fingerprint density at radius 3 is 2.54 bits per heavy atom. The van der Waals surface area contributed by atoms with E-state index >= 15 is 0 Å². The first kappa shape index (κ1) is 16.5. The van der Waals surface area contributed by atoms with Crippen molar-refractivity contribution in [3.63, 3.8) is 0 Å². The summed E-state index contributed by atoms with van der Waals surface area (Å²) in [4.78, 5) is 29.8. The highest BCUT2D eigenvalue weighted by atomic mass is 35.5. The number of carbonyl (C=O) groups is 2. The summed E-state index contributed by atoms with van der Waals surface area (Å²) in [5.41, 5.74) is 2.09. The fraction of sp³-hybridized carbons (Fsp3) is 0.278. The molecule has 0 radical (unpaired) electrons. The Balaban J connectivity index is 1.62. The van der Waals surface area contributed by atoms with Crippen LogP contribution in [0.4, 0.5) is 0 Å². The number of hydrogen-bond donors (Lipinski definition) is 1. The third-order valence-electron chi connectivity index (χ3n) is 3.87. The molecule has 0 spiro atoms. The van der Waals surface area contributed by atoms with E-state index in [9.17, 15) is 9.59 Å². The molecule has 124 valence electrons. The van der Waals surface area contributed by atoms with Crippen molar-refractivity contribution in [2.75, 3.05) is 7.05 Å². The summed E-state index contributed by atoms with van der Waals surface area (Å²) in [7, 11) is 1.73. The van der Waals surface area contributed by atoms with Crippen molar-refractivity contribution >= 4 is 23.4 Å². The Morgan fingerprint density at radius 2 is 1.92 bits per heavy atom. The third-order valence-corrected chi connectivity index (χ3v) is 4.08. The Hall–Kier alpha value is -2.40. The Morgan fingerprint density at radius 1 is 1.21 bits per heavy atom. The smallest absolute Gasteiger partial charge is 0.254 e. The lowest BCUT2D eigenvalue weighted by atomic mass is 10.1. The van der Waals surface area contributed by atoms with Crippen molar-refractivity contribution in [1.82, 2.24) is 15.2 Å². The van der Waals surface area contributed by atoms with Crippen LogP contribution in [0.5, 0.6) is 0 Å². The van der Waals surface area contributed by atoms with Gasteiger partial charge in [0.1, 0.15) is 5.15 Å². The van der Waals surface area contributed by atoms with Crippen molar-refractivity contribution in [1.29, 1.82) is 0 Å². The normalized spacial score (nSPS) is 13.4. The van der Waals surface area contributed by atoms with Gasteiger partial charge in [0.15, 0.2) is 0 Å². The fourth-order valence-electron chi connectivity index (χ4n) is 2.36. The van der Waals surface area contributed by atoms with Crippen molar-refractivity contribution < 1.29 is 9.59 Å². The van der Waals surface area contributed by atoms with Gasteiger partial charge in [-0.25, -0.2) is 4.98 Å². The first-order valence-corrected chi connectivity index (χ1v) is 8.17. The SMILES string of the molecule is CN(Cc1ccc(C(=O)NC2CC2)cc1)C(=O)c1ccnc(Cl)c1. The fourth-order valence-corrected chi connectivity index (χ4v) is 2.53. The molecule has 0 saturated heterocycles. The second-order valence-corrected chi connectivity index (χ2v) is 6.36. The maximum absolute atomic E-state index is 12.4. The first-order valence-electron chi connectivity index (χ1n) is 7.80. The molecule has 1 saturated carbocycles. The number of benzene rings is 1. The maximum Gasteiger partial charge on any atom is 0.254 e. The molecule has 1 aliphatic carbocycles. The van der Waals surface area contributed by atoms with Crippen LogP contribution in [-0.4, -0.2) is 34.8 Å². The van der Waals surface area contributed by atoms with E-state index in [4.69, 9.17) is 11.6 Å². The third kappa shape index (κ3) is 4.11. The summed E-state index contributed by atoms with van der Waals surface area (Å²) in [5, 5.41) is 3.25. The second-order valence-electron chi connectivity index (χ2n) is 5.97. The highest BCUT2D eigenvalue weighted by molar-refractivity contribution is 6.29. The lowest BCUT2D eigenvalue weighted by Crippen LogP contribution is -2.27. The molecule has 1 aliphatic rings. The van der Waals surface area contributed by atoms with Crippen LogP contribution in [0, 0.1) is 0 Å². The predicted octanol–water partition coefficient (Wildman–Crippen LogP) is 2.90. The molecule has 1 aromatic heterocycles. The number of amides is 2. The number of hydrogen-bond acceptors (Lipinski definition) is 3. The molecular weight excluding hydrogens is 326 g/mol. The average Bonchev–Trinajstić information content (AvgIpc) is 3.38. The van der Waals surface area contributed by atoms with Crippen LogP contribution in [0.1, 0.15) is 39.1 Å². The molecule has 1 aromatic carbocycles. The zero-order valence-electron chi connectivity index (χ0n) is 13.3. The molecule has 24 heavy (non-hydrogen) atoms. The minimum atomic E-state index is -0.130. The van der Waals surface area contributed by atoms with Crippen LogP contribution in [0.25, 0.3) is 0 Å². The van der Waals surface area contributed by atoms with E-state index in [1.807, 2.05) is 12.1 Å². The molecule has 1 N–H and O–H groups in total. The van der Waals surface area contributed by atoms with Crippen molar-refractivity contribution in [2.45, 2.75) is 25.4 Å². The van der Waals surface area contributed by atoms with Crippen LogP contribution < -0.4 is 5.32 Å². The van der Waals surface area contributed by atoms with Crippen molar-refractivity contribution in [3.8, 4) is 0 Å². The summed E-state index contributed by atoms with van der Waals surface area (Å²) in [6.45, 7) is 0.448. The van der Waals surface area contributed by atoms with Crippen LogP contribution in [0.3, 0.4) is 0 Å². The zero-order chi connectivity index (χ0) is 17.1. The van der Waals surface area contributed by atoms with Crippen LogP contribution in [-0.2, 0) is 6.54 Å². The number of aromatic nitrogens is 1. The van der Waals surface area contributed by atoms with Gasteiger partial charge in [-0.15, -0.1) is 0 Å². The highest BCUT2D eigenvalue weighted by Crippen LogP contribution is 2.19. The lowest BCUT2D eigenvalue weighted by Gasteiger charge is -2.17. The van der Waals surface area contributed by atoms with Crippen molar-refractivity contribution in [2.24, 2.45) is 0 Å². The van der Waals surface area contributed by atoms with E-state index < -0.39 is 0 Å². The molecule has 0 unspecified atom stereocenters. The predicted molar refractivity (Wildman–Crippen MR) is 92.0 cm³/mol. The minimum Gasteiger partial charge on any atom is -0.349 e. The van der Waals surface area contributed by atoms with Gasteiger partial charge in [-0.05, 0) is 42.7 Å². The topological polar surface area (TPSA) is 62.3 Å². The van der Waals surface area contributed by atoms with E-state index in [0.717, 1.165) is 18.4 Å². The van der Waals surface area contributed by atoms with Gasteiger partial charge in [0.05, 0.1) is 0 Å². The zero-order valence-corrected chi connectivity index (χ0v) is 14.1. The van der Waals surface area contributed by atoms with Gasteiger partial charge in [-0.3, -0.25) is 9.59 Å². The first-order chi connectivity index (χ1) is 11.5. The molecule has 0 atom stereocenters. The molecule has 6 heteroatoms. The summed E-state index contributed by atoms with van der Waals surface area (Å²) in [6.07, 6.45) is 3.64. The number of nitrogens with zero attached hydrogens (tertiary/aromatic N) is 2. The number of rotatable bonds is 5. The quantitative estimate of drug-likeness (QED) is 0.849.